The number of fused-ring (bicyclic) bond motifs is 2. The zero-order chi connectivity index (χ0) is 22.5. The van der Waals surface area contributed by atoms with E-state index in [-0.39, 0.29) is 46.8 Å². The lowest BCUT2D eigenvalue weighted by Gasteiger charge is -2.53. The van der Waals surface area contributed by atoms with Crippen LogP contribution in [0.15, 0.2) is 12.7 Å². The van der Waals surface area contributed by atoms with Gasteiger partial charge in [0, 0.05) is 36.2 Å². The van der Waals surface area contributed by atoms with Crippen molar-refractivity contribution in [1.29, 1.82) is 0 Å². The number of hydrogen-bond donors (Lipinski definition) is 2. The molecule has 1 heterocycles. The van der Waals surface area contributed by atoms with Crippen molar-refractivity contribution >= 4 is 28.3 Å². The molecule has 0 aliphatic heterocycles. The standard InChI is InChI=1S/C24H35N3O3S/c1-6-11-27(5)22(30)13(2)16-9-10-24(4)12-17-19(14(3)18(24)20(16)28)25-23(31-17)26-21(29)15-7-8-15/h6,13-16,18,20,28H,1,7-12H2,2-5H3,(H,25,26,29)/t13-,14-,16+,18+,20-,24-/m0/s1. The lowest BCUT2D eigenvalue weighted by molar-refractivity contribution is -0.143. The number of aliphatic hydroxyl groups is 1. The molecule has 2 saturated carbocycles. The van der Waals surface area contributed by atoms with Gasteiger partial charge >= 0.3 is 0 Å². The average molecular weight is 446 g/mol. The summed E-state index contributed by atoms with van der Waals surface area (Å²) >= 11 is 1.59. The SMILES string of the molecule is C=CCN(C)C(=O)[C@@H](C)[C@H]1CC[C@@]2(C)Cc3sc(NC(=O)C4CC4)nc3[C@@H](C)[C@@H]2[C@H]1O. The molecular weight excluding hydrogens is 410 g/mol. The number of nitrogens with zero attached hydrogens (tertiary/aromatic N) is 2. The van der Waals surface area contributed by atoms with Crippen molar-refractivity contribution in [3.8, 4) is 0 Å². The summed E-state index contributed by atoms with van der Waals surface area (Å²) in [5, 5.41) is 15.2. The molecule has 0 unspecified atom stereocenters. The maximum atomic E-state index is 12.9. The molecule has 1 aromatic heterocycles. The highest BCUT2D eigenvalue weighted by molar-refractivity contribution is 7.15. The predicted molar refractivity (Wildman–Crippen MR) is 123 cm³/mol. The highest BCUT2D eigenvalue weighted by atomic mass is 32.1. The Labute approximate surface area is 189 Å². The molecule has 3 aliphatic carbocycles. The molecule has 7 heteroatoms. The van der Waals surface area contributed by atoms with Gasteiger partial charge in [-0.25, -0.2) is 4.98 Å². The van der Waals surface area contributed by atoms with Crippen molar-refractivity contribution in [1.82, 2.24) is 9.88 Å². The maximum absolute atomic E-state index is 12.9. The molecule has 31 heavy (non-hydrogen) atoms. The lowest BCUT2D eigenvalue weighted by atomic mass is 9.53. The van der Waals surface area contributed by atoms with Crippen LogP contribution in [0.3, 0.4) is 0 Å². The second-order valence-corrected chi connectivity index (χ2v) is 11.3. The van der Waals surface area contributed by atoms with Crippen molar-refractivity contribution in [3.05, 3.63) is 23.2 Å². The monoisotopic (exact) mass is 445 g/mol. The Balaban J connectivity index is 1.54. The van der Waals surface area contributed by atoms with Crippen molar-refractivity contribution < 1.29 is 14.7 Å². The topological polar surface area (TPSA) is 82.5 Å². The summed E-state index contributed by atoms with van der Waals surface area (Å²) < 4.78 is 0. The Hall–Kier alpha value is -1.73. The molecule has 2 fully saturated rings. The summed E-state index contributed by atoms with van der Waals surface area (Å²) in [6.45, 7) is 10.6. The number of likely N-dealkylation sites (N-methyl/N-ethyl adjacent to an activating group) is 1. The zero-order valence-electron chi connectivity index (χ0n) is 19.1. The molecule has 2 amide bonds. The van der Waals surface area contributed by atoms with Gasteiger partial charge in [0.1, 0.15) is 0 Å². The lowest BCUT2D eigenvalue weighted by Crippen LogP contribution is -2.53. The van der Waals surface area contributed by atoms with Crippen LogP contribution in [0.25, 0.3) is 0 Å². The highest BCUT2D eigenvalue weighted by Gasteiger charge is 2.54. The third kappa shape index (κ3) is 4.07. The fourth-order valence-electron chi connectivity index (χ4n) is 5.97. The second kappa shape index (κ2) is 8.32. The van der Waals surface area contributed by atoms with Gasteiger partial charge < -0.3 is 15.3 Å². The minimum atomic E-state index is -0.552. The number of aromatic nitrogens is 1. The number of hydrogen-bond acceptors (Lipinski definition) is 5. The van der Waals surface area contributed by atoms with Gasteiger partial charge in [-0.15, -0.1) is 17.9 Å². The summed E-state index contributed by atoms with van der Waals surface area (Å²) in [5.41, 5.74) is 0.989. The van der Waals surface area contributed by atoms with E-state index in [0.29, 0.717) is 11.7 Å². The third-order valence-electron chi connectivity index (χ3n) is 7.91. The van der Waals surface area contributed by atoms with E-state index in [1.165, 1.54) is 4.88 Å². The number of carbonyl (C=O) groups is 2. The number of carbonyl (C=O) groups excluding carboxylic acids is 2. The van der Waals surface area contributed by atoms with Crippen LogP contribution in [0.4, 0.5) is 5.13 Å². The smallest absolute Gasteiger partial charge is 0.229 e. The largest absolute Gasteiger partial charge is 0.392 e. The first-order valence-electron chi connectivity index (χ1n) is 11.5. The molecule has 1 aromatic rings. The van der Waals surface area contributed by atoms with Gasteiger partial charge in [-0.3, -0.25) is 9.59 Å². The van der Waals surface area contributed by atoms with E-state index < -0.39 is 6.10 Å². The molecule has 0 radical (unpaired) electrons. The van der Waals surface area contributed by atoms with Crippen LogP contribution in [0, 0.1) is 29.1 Å². The summed E-state index contributed by atoms with van der Waals surface area (Å²) in [7, 11) is 1.79. The molecule has 170 valence electrons. The van der Waals surface area contributed by atoms with Crippen molar-refractivity contribution in [2.75, 3.05) is 18.9 Å². The molecule has 0 saturated heterocycles. The van der Waals surface area contributed by atoms with E-state index in [1.807, 2.05) is 6.92 Å². The molecule has 0 spiro atoms. The minimum Gasteiger partial charge on any atom is -0.392 e. The van der Waals surface area contributed by atoms with Crippen LogP contribution in [0.5, 0.6) is 0 Å². The van der Waals surface area contributed by atoms with Gasteiger partial charge in [0.25, 0.3) is 0 Å². The van der Waals surface area contributed by atoms with Crippen LogP contribution in [0.1, 0.15) is 62.9 Å². The summed E-state index contributed by atoms with van der Waals surface area (Å²) in [6, 6.07) is 0. The van der Waals surface area contributed by atoms with Gasteiger partial charge in [-0.1, -0.05) is 26.8 Å². The van der Waals surface area contributed by atoms with E-state index in [4.69, 9.17) is 4.98 Å². The van der Waals surface area contributed by atoms with E-state index in [2.05, 4.69) is 25.7 Å². The minimum absolute atomic E-state index is 0.0254. The molecule has 6 atom stereocenters. The normalized spacial score (nSPS) is 33.1. The van der Waals surface area contributed by atoms with Crippen molar-refractivity contribution in [2.24, 2.45) is 29.1 Å². The first kappa shape index (κ1) is 22.5. The first-order valence-corrected chi connectivity index (χ1v) is 12.3. The van der Waals surface area contributed by atoms with Crippen LogP contribution in [0.2, 0.25) is 0 Å². The van der Waals surface area contributed by atoms with E-state index in [0.717, 1.165) is 37.8 Å². The van der Waals surface area contributed by atoms with Crippen LogP contribution >= 0.6 is 11.3 Å². The Morgan fingerprint density at radius 1 is 1.42 bits per heavy atom. The number of rotatable bonds is 6. The fourth-order valence-corrected chi connectivity index (χ4v) is 7.23. The molecule has 6 nitrogen and oxygen atoms in total. The summed E-state index contributed by atoms with van der Waals surface area (Å²) in [5.74, 6) is 0.139. The van der Waals surface area contributed by atoms with E-state index >= 15 is 0 Å². The van der Waals surface area contributed by atoms with Gasteiger partial charge in [0.2, 0.25) is 11.8 Å². The molecule has 0 aromatic carbocycles. The Morgan fingerprint density at radius 2 is 2.13 bits per heavy atom. The van der Waals surface area contributed by atoms with Gasteiger partial charge in [0.15, 0.2) is 5.13 Å². The van der Waals surface area contributed by atoms with E-state index in [1.54, 1.807) is 29.4 Å². The molecule has 3 aliphatic rings. The van der Waals surface area contributed by atoms with Crippen LogP contribution in [-0.2, 0) is 16.0 Å². The van der Waals surface area contributed by atoms with Crippen molar-refractivity contribution in [3.63, 3.8) is 0 Å². The van der Waals surface area contributed by atoms with Crippen molar-refractivity contribution in [2.45, 2.75) is 64.9 Å². The van der Waals surface area contributed by atoms with Gasteiger partial charge in [-0.2, -0.15) is 0 Å². The molecule has 2 N–H and O–H groups in total. The number of thiazole rings is 1. The summed E-state index contributed by atoms with van der Waals surface area (Å²) in [4.78, 5) is 32.8. The second-order valence-electron chi connectivity index (χ2n) is 10.2. The van der Waals surface area contributed by atoms with Crippen LogP contribution < -0.4 is 5.32 Å². The first-order chi connectivity index (χ1) is 14.7. The fraction of sp³-hybridized carbons (Fsp3) is 0.708. The highest BCUT2D eigenvalue weighted by Crippen LogP contribution is 2.57. The number of amides is 2. The number of nitrogens with one attached hydrogen (secondary N) is 1. The van der Waals surface area contributed by atoms with Crippen LogP contribution in [-0.4, -0.2) is 46.5 Å². The molecule has 0 bridgehead atoms. The zero-order valence-corrected chi connectivity index (χ0v) is 19.9. The number of aliphatic hydroxyl groups excluding tert-OH is 1. The number of anilines is 1. The maximum Gasteiger partial charge on any atom is 0.229 e. The molecule has 4 rings (SSSR count). The van der Waals surface area contributed by atoms with E-state index in [9.17, 15) is 14.7 Å². The third-order valence-corrected chi connectivity index (χ3v) is 8.90. The summed E-state index contributed by atoms with van der Waals surface area (Å²) in [6.07, 6.45) is 5.81. The predicted octanol–water partition coefficient (Wildman–Crippen LogP) is 3.83. The Morgan fingerprint density at radius 3 is 2.77 bits per heavy atom. The Bertz CT molecular complexity index is 879. The average Bonchev–Trinajstić information content (AvgIpc) is 3.49. The van der Waals surface area contributed by atoms with Gasteiger partial charge in [-0.05, 0) is 49.4 Å². The Kier molecular flexibility index (Phi) is 6.03. The van der Waals surface area contributed by atoms with Gasteiger partial charge in [0.05, 0.1) is 11.8 Å². The quantitative estimate of drug-likeness (QED) is 0.652. The molecular formula is C24H35N3O3S.